The van der Waals surface area contributed by atoms with Crippen molar-refractivity contribution in [2.45, 2.75) is 13.0 Å². The SMILES string of the molecule is Cl.N#Cc1ccc(Cc2cnccc2CN2CCN(c3cccc(Cl)c3)C(=O)C2=O)cc1. The molecular formula is C24H20Cl2N4O2. The quantitative estimate of drug-likeness (QED) is 0.532. The molecule has 0 atom stereocenters. The molecule has 0 radical (unpaired) electrons. The summed E-state index contributed by atoms with van der Waals surface area (Å²) in [7, 11) is 0. The Bertz CT molecular complexity index is 1180. The molecule has 1 aliphatic rings. The van der Waals surface area contributed by atoms with Crippen LogP contribution < -0.4 is 4.90 Å². The van der Waals surface area contributed by atoms with E-state index in [1.54, 1.807) is 53.7 Å². The molecule has 8 heteroatoms. The molecule has 1 saturated heterocycles. The molecule has 0 saturated carbocycles. The van der Waals surface area contributed by atoms with Crippen molar-refractivity contribution >= 4 is 41.5 Å². The zero-order valence-electron chi connectivity index (χ0n) is 17.1. The van der Waals surface area contributed by atoms with Crippen molar-refractivity contribution in [1.82, 2.24) is 9.88 Å². The summed E-state index contributed by atoms with van der Waals surface area (Å²) in [6.45, 7) is 1.17. The van der Waals surface area contributed by atoms with Crippen LogP contribution in [0.2, 0.25) is 5.02 Å². The van der Waals surface area contributed by atoms with Gasteiger partial charge in [0.15, 0.2) is 0 Å². The van der Waals surface area contributed by atoms with Crippen LogP contribution in [0.1, 0.15) is 22.3 Å². The molecule has 1 fully saturated rings. The molecule has 32 heavy (non-hydrogen) atoms. The van der Waals surface area contributed by atoms with Crippen LogP contribution in [0, 0.1) is 11.3 Å². The first-order valence-corrected chi connectivity index (χ1v) is 10.2. The minimum absolute atomic E-state index is 0. The van der Waals surface area contributed by atoms with E-state index in [4.69, 9.17) is 16.9 Å². The molecule has 2 aromatic carbocycles. The summed E-state index contributed by atoms with van der Waals surface area (Å²) >= 11 is 6.03. The van der Waals surface area contributed by atoms with Crippen molar-refractivity contribution in [3.8, 4) is 6.07 Å². The number of amides is 2. The minimum atomic E-state index is -0.559. The van der Waals surface area contributed by atoms with E-state index in [9.17, 15) is 9.59 Å². The van der Waals surface area contributed by atoms with E-state index in [1.807, 2.05) is 18.2 Å². The van der Waals surface area contributed by atoms with Crippen molar-refractivity contribution in [1.29, 1.82) is 5.26 Å². The molecule has 4 rings (SSSR count). The number of hydrogen-bond acceptors (Lipinski definition) is 4. The van der Waals surface area contributed by atoms with Crippen LogP contribution in [-0.2, 0) is 22.6 Å². The molecule has 6 nitrogen and oxygen atoms in total. The van der Waals surface area contributed by atoms with E-state index < -0.39 is 11.8 Å². The van der Waals surface area contributed by atoms with Gasteiger partial charge in [-0.1, -0.05) is 29.8 Å². The van der Waals surface area contributed by atoms with E-state index in [1.165, 1.54) is 4.90 Å². The summed E-state index contributed by atoms with van der Waals surface area (Å²) in [5.41, 5.74) is 4.19. The largest absolute Gasteiger partial charge is 0.328 e. The Morgan fingerprint density at radius 3 is 2.50 bits per heavy atom. The van der Waals surface area contributed by atoms with Crippen molar-refractivity contribution in [3.05, 3.63) is 94.3 Å². The number of halogens is 2. The lowest BCUT2D eigenvalue weighted by Gasteiger charge is -2.34. The molecular weight excluding hydrogens is 447 g/mol. The smallest absolute Gasteiger partial charge is 0.316 e. The Kier molecular flexibility index (Phi) is 7.47. The summed E-state index contributed by atoms with van der Waals surface area (Å²) < 4.78 is 0. The second kappa shape index (κ2) is 10.3. The Morgan fingerprint density at radius 2 is 1.78 bits per heavy atom. The number of nitriles is 1. The van der Waals surface area contributed by atoms with Gasteiger partial charge < -0.3 is 9.80 Å². The Balaban J connectivity index is 0.00000289. The first-order valence-electron chi connectivity index (χ1n) is 9.82. The number of rotatable bonds is 5. The van der Waals surface area contributed by atoms with Gasteiger partial charge in [-0.05, 0) is 59.5 Å². The predicted octanol–water partition coefficient (Wildman–Crippen LogP) is 3.99. The van der Waals surface area contributed by atoms with Crippen molar-refractivity contribution < 1.29 is 9.59 Å². The van der Waals surface area contributed by atoms with Crippen LogP contribution in [0.15, 0.2) is 67.0 Å². The average molecular weight is 467 g/mol. The second-order valence-electron chi connectivity index (χ2n) is 7.29. The topological polar surface area (TPSA) is 77.3 Å². The molecule has 3 aromatic rings. The zero-order valence-corrected chi connectivity index (χ0v) is 18.6. The third kappa shape index (κ3) is 5.08. The minimum Gasteiger partial charge on any atom is -0.328 e. The molecule has 0 bridgehead atoms. The van der Waals surface area contributed by atoms with E-state index in [2.05, 4.69) is 11.1 Å². The fourth-order valence-corrected chi connectivity index (χ4v) is 3.79. The van der Waals surface area contributed by atoms with Crippen molar-refractivity contribution in [2.75, 3.05) is 18.0 Å². The fraction of sp³-hybridized carbons (Fsp3) is 0.167. The summed E-state index contributed by atoms with van der Waals surface area (Å²) in [5.74, 6) is -1.09. The molecule has 0 aliphatic carbocycles. The highest BCUT2D eigenvalue weighted by Gasteiger charge is 2.33. The first-order chi connectivity index (χ1) is 15.0. The highest BCUT2D eigenvalue weighted by Crippen LogP contribution is 2.23. The lowest BCUT2D eigenvalue weighted by atomic mass is 10.0. The number of piperazine rings is 1. The first kappa shape index (κ1) is 23.3. The van der Waals surface area contributed by atoms with Crippen LogP contribution in [0.5, 0.6) is 0 Å². The van der Waals surface area contributed by atoms with Gasteiger partial charge in [-0.25, -0.2) is 0 Å². The van der Waals surface area contributed by atoms with E-state index in [-0.39, 0.29) is 12.4 Å². The van der Waals surface area contributed by atoms with Gasteiger partial charge in [0.05, 0.1) is 11.6 Å². The third-order valence-corrected chi connectivity index (χ3v) is 5.51. The monoisotopic (exact) mass is 466 g/mol. The highest BCUT2D eigenvalue weighted by atomic mass is 35.5. The number of benzene rings is 2. The van der Waals surface area contributed by atoms with Crippen LogP contribution in [0.3, 0.4) is 0 Å². The van der Waals surface area contributed by atoms with Gasteiger partial charge in [-0.3, -0.25) is 14.6 Å². The van der Waals surface area contributed by atoms with Gasteiger partial charge in [-0.2, -0.15) is 5.26 Å². The lowest BCUT2D eigenvalue weighted by Crippen LogP contribution is -2.54. The average Bonchev–Trinajstić information content (AvgIpc) is 2.79. The van der Waals surface area contributed by atoms with Crippen LogP contribution in [0.4, 0.5) is 5.69 Å². The number of pyridine rings is 1. The number of carbonyl (C=O) groups excluding carboxylic acids is 2. The lowest BCUT2D eigenvalue weighted by molar-refractivity contribution is -0.146. The summed E-state index contributed by atoms with van der Waals surface area (Å²) in [5, 5.41) is 9.48. The predicted molar refractivity (Wildman–Crippen MR) is 125 cm³/mol. The molecule has 0 N–H and O–H groups in total. The number of nitrogens with zero attached hydrogens (tertiary/aromatic N) is 4. The van der Waals surface area contributed by atoms with Crippen molar-refractivity contribution in [3.63, 3.8) is 0 Å². The molecule has 0 spiro atoms. The summed E-state index contributed by atoms with van der Waals surface area (Å²) in [6.07, 6.45) is 4.09. The van der Waals surface area contributed by atoms with Gasteiger partial charge in [0.25, 0.3) is 0 Å². The van der Waals surface area contributed by atoms with Gasteiger partial charge in [0, 0.05) is 42.7 Å². The van der Waals surface area contributed by atoms with E-state index in [0.29, 0.717) is 42.3 Å². The van der Waals surface area contributed by atoms with Crippen LogP contribution in [0.25, 0.3) is 0 Å². The van der Waals surface area contributed by atoms with E-state index >= 15 is 0 Å². The second-order valence-corrected chi connectivity index (χ2v) is 7.73. The molecule has 1 aromatic heterocycles. The number of anilines is 1. The normalized spacial score (nSPS) is 13.5. The molecule has 1 aliphatic heterocycles. The van der Waals surface area contributed by atoms with Gasteiger partial charge >= 0.3 is 11.8 Å². The number of hydrogen-bond donors (Lipinski definition) is 0. The number of carbonyl (C=O) groups is 2. The summed E-state index contributed by atoms with van der Waals surface area (Å²) in [6, 6.07) is 18.3. The van der Waals surface area contributed by atoms with Gasteiger partial charge in [0.1, 0.15) is 0 Å². The van der Waals surface area contributed by atoms with Gasteiger partial charge in [0.2, 0.25) is 0 Å². The fourth-order valence-electron chi connectivity index (χ4n) is 3.61. The molecule has 2 heterocycles. The molecule has 2 amide bonds. The van der Waals surface area contributed by atoms with Crippen LogP contribution >= 0.6 is 24.0 Å². The Labute approximate surface area is 197 Å². The third-order valence-electron chi connectivity index (χ3n) is 5.27. The maximum absolute atomic E-state index is 12.8. The van der Waals surface area contributed by atoms with Crippen LogP contribution in [-0.4, -0.2) is 34.8 Å². The zero-order chi connectivity index (χ0) is 21.8. The maximum Gasteiger partial charge on any atom is 0.316 e. The Morgan fingerprint density at radius 1 is 1.00 bits per heavy atom. The standard InChI is InChI=1S/C24H19ClN4O2.ClH/c25-21-2-1-3-22(13-21)29-11-10-28(23(30)24(29)31)16-19-8-9-27-15-20(19)12-17-4-6-18(14-26)7-5-17;/h1-9,13,15H,10-12,16H2;1H. The van der Waals surface area contributed by atoms with E-state index in [0.717, 1.165) is 16.7 Å². The van der Waals surface area contributed by atoms with Gasteiger partial charge in [-0.15, -0.1) is 12.4 Å². The highest BCUT2D eigenvalue weighted by molar-refractivity contribution is 6.41. The molecule has 0 unspecified atom stereocenters. The Hall–Kier alpha value is -3.40. The maximum atomic E-state index is 12.8. The summed E-state index contributed by atoms with van der Waals surface area (Å²) in [4.78, 5) is 32.8. The molecule has 162 valence electrons. The number of aromatic nitrogens is 1. The van der Waals surface area contributed by atoms with Crippen molar-refractivity contribution in [2.24, 2.45) is 0 Å².